The molecule has 5 rings (SSSR count). The summed E-state index contributed by atoms with van der Waals surface area (Å²) in [5.41, 5.74) is -0.0831. The van der Waals surface area contributed by atoms with E-state index in [1.807, 2.05) is 0 Å². The normalized spacial score (nSPS) is 55.1. The lowest BCUT2D eigenvalue weighted by atomic mass is 9.50. The van der Waals surface area contributed by atoms with Gasteiger partial charge in [0.25, 0.3) is 0 Å². The zero-order valence-corrected chi connectivity index (χ0v) is 15.7. The lowest BCUT2D eigenvalue weighted by Crippen LogP contribution is -2.67. The molecule has 3 aliphatic heterocycles. The molecule has 3 heterocycles. The molecule has 2 aliphatic carbocycles. The smallest absolute Gasteiger partial charge is 0.317 e. The van der Waals surface area contributed by atoms with Gasteiger partial charge in [-0.05, 0) is 19.3 Å². The molecule has 2 spiro atoms. The second-order valence-corrected chi connectivity index (χ2v) is 9.14. The third-order valence-electron chi connectivity index (χ3n) is 8.09. The molecule has 0 aromatic heterocycles. The molecule has 2 bridgehead atoms. The van der Waals surface area contributed by atoms with Crippen molar-refractivity contribution in [3.8, 4) is 0 Å². The maximum atomic E-state index is 12.4. The van der Waals surface area contributed by atoms with Crippen LogP contribution in [0.15, 0.2) is 11.6 Å². The van der Waals surface area contributed by atoms with E-state index in [0.717, 1.165) is 6.42 Å². The first kappa shape index (κ1) is 16.8. The molecule has 1 saturated carbocycles. The number of ether oxygens (including phenoxy) is 4. The molecular weight excluding hydrogens is 336 g/mol. The highest BCUT2D eigenvalue weighted by Gasteiger charge is 2.85. The first-order valence-corrected chi connectivity index (χ1v) is 9.58. The Morgan fingerprint density at radius 3 is 2.54 bits per heavy atom. The lowest BCUT2D eigenvalue weighted by molar-refractivity contribution is -0.233. The number of rotatable bonds is 0. The van der Waals surface area contributed by atoms with Gasteiger partial charge in [-0.3, -0.25) is 9.59 Å². The molecule has 0 aromatic rings. The molecule has 26 heavy (non-hydrogen) atoms. The fourth-order valence-corrected chi connectivity index (χ4v) is 6.42. The summed E-state index contributed by atoms with van der Waals surface area (Å²) in [7, 11) is 0. The average molecular weight is 362 g/mol. The van der Waals surface area contributed by atoms with E-state index >= 15 is 0 Å². The lowest BCUT2D eigenvalue weighted by Gasteiger charge is -2.59. The minimum atomic E-state index is -0.522. The van der Waals surface area contributed by atoms with E-state index in [1.54, 1.807) is 0 Å². The molecule has 6 heteroatoms. The second-order valence-electron chi connectivity index (χ2n) is 9.14. The Bertz CT molecular complexity index is 724. The number of cyclic esters (lactones) is 1. The van der Waals surface area contributed by atoms with Crippen LogP contribution >= 0.6 is 0 Å². The Hall–Kier alpha value is -1.40. The van der Waals surface area contributed by atoms with Crippen LogP contribution in [-0.4, -0.2) is 49.1 Å². The van der Waals surface area contributed by atoms with Crippen molar-refractivity contribution >= 4 is 11.9 Å². The van der Waals surface area contributed by atoms with E-state index in [2.05, 4.69) is 33.8 Å². The molecule has 4 fully saturated rings. The molecule has 5 unspecified atom stereocenters. The van der Waals surface area contributed by atoms with Crippen LogP contribution in [0.5, 0.6) is 0 Å². The van der Waals surface area contributed by atoms with Crippen LogP contribution in [0.3, 0.4) is 0 Å². The molecule has 0 amide bonds. The Labute approximate surface area is 153 Å². The van der Waals surface area contributed by atoms with Gasteiger partial charge in [0, 0.05) is 11.3 Å². The van der Waals surface area contributed by atoms with Crippen molar-refractivity contribution in [3.05, 3.63) is 11.6 Å². The average Bonchev–Trinajstić information content (AvgIpc) is 3.35. The zero-order valence-electron chi connectivity index (χ0n) is 15.7. The van der Waals surface area contributed by atoms with Gasteiger partial charge in [-0.25, -0.2) is 0 Å². The number of hydrogen-bond donors (Lipinski definition) is 0. The summed E-state index contributed by atoms with van der Waals surface area (Å²) in [5, 5.41) is 0. The number of esters is 2. The van der Waals surface area contributed by atoms with Crippen molar-refractivity contribution in [1.82, 2.24) is 0 Å². The minimum Gasteiger partial charge on any atom is -0.465 e. The molecule has 0 N–H and O–H groups in total. The minimum absolute atomic E-state index is 0.00568. The van der Waals surface area contributed by atoms with Crippen LogP contribution in [0.4, 0.5) is 0 Å². The number of carbonyl (C=O) groups excluding carboxylic acids is 2. The van der Waals surface area contributed by atoms with E-state index in [9.17, 15) is 9.59 Å². The summed E-state index contributed by atoms with van der Waals surface area (Å²) < 4.78 is 24.2. The Morgan fingerprint density at radius 2 is 1.85 bits per heavy atom. The van der Waals surface area contributed by atoms with Gasteiger partial charge in [0.15, 0.2) is 0 Å². The Morgan fingerprint density at radius 1 is 1.12 bits per heavy atom. The van der Waals surface area contributed by atoms with Gasteiger partial charge in [-0.2, -0.15) is 0 Å². The molecular formula is C20H26O6. The predicted molar refractivity (Wildman–Crippen MR) is 90.0 cm³/mol. The number of hydrogen-bond acceptors (Lipinski definition) is 6. The fourth-order valence-electron chi connectivity index (χ4n) is 6.42. The third-order valence-corrected chi connectivity index (χ3v) is 8.09. The maximum Gasteiger partial charge on any atom is 0.317 e. The Balaban J connectivity index is 1.73. The third kappa shape index (κ3) is 1.71. The highest BCUT2D eigenvalue weighted by atomic mass is 16.6. The van der Waals surface area contributed by atoms with Gasteiger partial charge < -0.3 is 18.9 Å². The fraction of sp³-hybridized carbons (Fsp3) is 0.800. The largest absolute Gasteiger partial charge is 0.465 e. The maximum absolute atomic E-state index is 12.4. The van der Waals surface area contributed by atoms with Gasteiger partial charge in [-0.1, -0.05) is 32.4 Å². The molecule has 0 aromatic carbocycles. The molecule has 142 valence electrons. The molecule has 5 aliphatic rings. The first-order chi connectivity index (χ1) is 12.2. The van der Waals surface area contributed by atoms with Gasteiger partial charge in [-0.15, -0.1) is 0 Å². The van der Waals surface area contributed by atoms with Crippen LogP contribution in [-0.2, 0) is 28.5 Å². The van der Waals surface area contributed by atoms with Gasteiger partial charge in [0.05, 0.1) is 24.2 Å². The SMILES string of the molecule is CC1=CC2OC3C(C)[C@H]4OC(=O)CC(=O)OCC2(CC1C)[C@]4(C)[C@]31CO1. The van der Waals surface area contributed by atoms with E-state index < -0.39 is 28.4 Å². The second kappa shape index (κ2) is 4.90. The molecule has 6 nitrogen and oxygen atoms in total. The van der Waals surface area contributed by atoms with E-state index in [0.29, 0.717) is 12.5 Å². The quantitative estimate of drug-likeness (QED) is 0.284. The summed E-state index contributed by atoms with van der Waals surface area (Å²) in [6.07, 6.45) is 2.06. The van der Waals surface area contributed by atoms with Gasteiger partial charge in [0.1, 0.15) is 24.7 Å². The highest BCUT2D eigenvalue weighted by Crippen LogP contribution is 2.73. The van der Waals surface area contributed by atoms with E-state index in [1.165, 1.54) is 5.57 Å². The standard InChI is InChI=1S/C20H26O6/c1-10-5-13-19(7-11(10)2)8-23-14(21)6-15(22)26-16-12(3)17(25-13)20(9-24-20)18(16,19)4/h5,11-13,16-17H,6-9H2,1-4H3/t11?,12?,13?,16-,17?,18-,19?,20+/m1/s1. The highest BCUT2D eigenvalue weighted by molar-refractivity contribution is 5.91. The summed E-state index contributed by atoms with van der Waals surface area (Å²) in [6.45, 7) is 9.41. The zero-order chi connectivity index (χ0) is 18.5. The summed E-state index contributed by atoms with van der Waals surface area (Å²) >= 11 is 0. The summed E-state index contributed by atoms with van der Waals surface area (Å²) in [6, 6.07) is 0. The molecule has 3 saturated heterocycles. The van der Waals surface area contributed by atoms with Crippen molar-refractivity contribution < 1.29 is 28.5 Å². The number of carbonyl (C=O) groups is 2. The van der Waals surface area contributed by atoms with Crippen molar-refractivity contribution in [1.29, 1.82) is 0 Å². The van der Waals surface area contributed by atoms with E-state index in [-0.39, 0.29) is 37.3 Å². The topological polar surface area (TPSA) is 74.4 Å². The van der Waals surface area contributed by atoms with E-state index in [4.69, 9.17) is 18.9 Å². The van der Waals surface area contributed by atoms with Crippen molar-refractivity contribution in [3.63, 3.8) is 0 Å². The number of epoxide rings is 1. The Kier molecular flexibility index (Phi) is 3.16. The van der Waals surface area contributed by atoms with Gasteiger partial charge >= 0.3 is 11.9 Å². The van der Waals surface area contributed by atoms with Crippen molar-refractivity contribution in [2.24, 2.45) is 22.7 Å². The van der Waals surface area contributed by atoms with Crippen LogP contribution < -0.4 is 0 Å². The van der Waals surface area contributed by atoms with Crippen molar-refractivity contribution in [2.45, 2.75) is 64.4 Å². The predicted octanol–water partition coefficient (Wildman–Crippen LogP) is 2.01. The van der Waals surface area contributed by atoms with Crippen LogP contribution in [0, 0.1) is 22.7 Å². The molecule has 8 atom stereocenters. The van der Waals surface area contributed by atoms with Gasteiger partial charge in [0.2, 0.25) is 0 Å². The first-order valence-electron chi connectivity index (χ1n) is 9.58. The van der Waals surface area contributed by atoms with Crippen LogP contribution in [0.25, 0.3) is 0 Å². The number of allylic oxidation sites excluding steroid dienone is 1. The molecule has 0 radical (unpaired) electrons. The van der Waals surface area contributed by atoms with Crippen LogP contribution in [0.1, 0.15) is 40.5 Å². The summed E-state index contributed by atoms with van der Waals surface area (Å²) in [5.74, 6) is -0.691. The van der Waals surface area contributed by atoms with Crippen molar-refractivity contribution in [2.75, 3.05) is 13.2 Å². The monoisotopic (exact) mass is 362 g/mol. The summed E-state index contributed by atoms with van der Waals surface area (Å²) in [4.78, 5) is 24.5. The van der Waals surface area contributed by atoms with Crippen LogP contribution in [0.2, 0.25) is 0 Å².